The second kappa shape index (κ2) is 8.45. The van der Waals surface area contributed by atoms with E-state index in [9.17, 15) is 9.59 Å². The van der Waals surface area contributed by atoms with E-state index in [2.05, 4.69) is 20.9 Å². The Labute approximate surface area is 174 Å². The van der Waals surface area contributed by atoms with Crippen LogP contribution in [0.3, 0.4) is 0 Å². The van der Waals surface area contributed by atoms with Gasteiger partial charge in [0.25, 0.3) is 5.91 Å². The van der Waals surface area contributed by atoms with Crippen LogP contribution in [-0.4, -0.2) is 26.8 Å². The summed E-state index contributed by atoms with van der Waals surface area (Å²) in [5.74, 6) is -0.660. The van der Waals surface area contributed by atoms with Gasteiger partial charge in [0.2, 0.25) is 5.91 Å². The van der Waals surface area contributed by atoms with Crippen LogP contribution in [0.5, 0.6) is 0 Å². The summed E-state index contributed by atoms with van der Waals surface area (Å²) in [7, 11) is 0. The van der Waals surface area contributed by atoms with E-state index in [0.717, 1.165) is 16.7 Å². The second-order valence-electron chi connectivity index (χ2n) is 6.94. The number of nitrogens with zero attached hydrogens (tertiary/aromatic N) is 3. The number of halogens is 1. The number of rotatable bonds is 5. The second-order valence-corrected chi connectivity index (χ2v) is 7.38. The van der Waals surface area contributed by atoms with Crippen molar-refractivity contribution < 1.29 is 9.59 Å². The maximum Gasteiger partial charge on any atom is 0.278 e. The van der Waals surface area contributed by atoms with Crippen molar-refractivity contribution in [3.8, 4) is 0 Å². The quantitative estimate of drug-likeness (QED) is 0.662. The van der Waals surface area contributed by atoms with Gasteiger partial charge in [-0.1, -0.05) is 28.9 Å². The van der Waals surface area contributed by atoms with Crippen molar-refractivity contribution in [1.29, 1.82) is 0 Å². The molecule has 2 aromatic carbocycles. The van der Waals surface area contributed by atoms with Crippen molar-refractivity contribution in [3.63, 3.8) is 0 Å². The summed E-state index contributed by atoms with van der Waals surface area (Å²) in [6, 6.07) is 11.0. The summed E-state index contributed by atoms with van der Waals surface area (Å²) in [4.78, 5) is 25.0. The lowest BCUT2D eigenvalue weighted by Crippen LogP contribution is -2.21. The van der Waals surface area contributed by atoms with E-state index < -0.39 is 5.91 Å². The van der Waals surface area contributed by atoms with Crippen LogP contribution in [0.4, 0.5) is 11.4 Å². The zero-order valence-corrected chi connectivity index (χ0v) is 17.5. The predicted octanol–water partition coefficient (Wildman–Crippen LogP) is 4.06. The van der Waals surface area contributed by atoms with E-state index in [-0.39, 0.29) is 18.1 Å². The lowest BCUT2D eigenvalue weighted by atomic mass is 10.1. The minimum Gasteiger partial charge on any atom is -0.324 e. The van der Waals surface area contributed by atoms with E-state index in [4.69, 9.17) is 11.6 Å². The SMILES string of the molecule is Cc1ccc(NC(=O)Cn2nnc(C(=O)Nc3cc(Cl)ccc3C)c2C)cc1C. The Kier molecular flexibility index (Phi) is 5.98. The fourth-order valence-corrected chi connectivity index (χ4v) is 2.96. The Bertz CT molecular complexity index is 1090. The van der Waals surface area contributed by atoms with Crippen molar-refractivity contribution in [2.24, 2.45) is 0 Å². The molecule has 1 aromatic heterocycles. The molecule has 0 unspecified atom stereocenters. The van der Waals surface area contributed by atoms with Crippen LogP contribution in [-0.2, 0) is 11.3 Å². The van der Waals surface area contributed by atoms with E-state index in [1.807, 2.05) is 45.0 Å². The van der Waals surface area contributed by atoms with Gasteiger partial charge in [-0.2, -0.15) is 0 Å². The first-order valence-electron chi connectivity index (χ1n) is 9.09. The molecule has 7 nitrogen and oxygen atoms in total. The number of aryl methyl sites for hydroxylation is 3. The number of nitrogens with one attached hydrogen (secondary N) is 2. The van der Waals surface area contributed by atoms with Crippen LogP contribution in [0.2, 0.25) is 5.02 Å². The Balaban J connectivity index is 1.69. The molecule has 0 saturated carbocycles. The number of anilines is 2. The van der Waals surface area contributed by atoms with Crippen molar-refractivity contribution >= 4 is 34.8 Å². The fraction of sp³-hybridized carbons (Fsp3) is 0.238. The lowest BCUT2D eigenvalue weighted by Gasteiger charge is -2.09. The average Bonchev–Trinajstić information content (AvgIpc) is 3.02. The molecular formula is C21H22ClN5O2. The summed E-state index contributed by atoms with van der Waals surface area (Å²) in [5, 5.41) is 14.0. The first kappa shape index (κ1) is 20.5. The van der Waals surface area contributed by atoms with Crippen LogP contribution in [0.1, 0.15) is 32.9 Å². The Morgan fingerprint density at radius 2 is 1.69 bits per heavy atom. The third-order valence-corrected chi connectivity index (χ3v) is 4.96. The van der Waals surface area contributed by atoms with Gasteiger partial charge in [-0.3, -0.25) is 9.59 Å². The molecule has 150 valence electrons. The Morgan fingerprint density at radius 1 is 0.966 bits per heavy atom. The molecule has 3 rings (SSSR count). The van der Waals surface area contributed by atoms with Crippen LogP contribution < -0.4 is 10.6 Å². The van der Waals surface area contributed by atoms with Crippen molar-refractivity contribution in [3.05, 3.63) is 69.5 Å². The Hall–Kier alpha value is -3.19. The summed E-state index contributed by atoms with van der Waals surface area (Å²) >= 11 is 6.00. The van der Waals surface area contributed by atoms with Crippen LogP contribution in [0.25, 0.3) is 0 Å². The first-order chi connectivity index (χ1) is 13.7. The molecule has 0 bridgehead atoms. The summed E-state index contributed by atoms with van der Waals surface area (Å²) in [5.41, 5.74) is 5.09. The minimum absolute atomic E-state index is 0.0464. The topological polar surface area (TPSA) is 88.9 Å². The highest BCUT2D eigenvalue weighted by Gasteiger charge is 2.19. The number of hydrogen-bond acceptors (Lipinski definition) is 4. The molecule has 0 aliphatic carbocycles. The molecule has 0 aliphatic heterocycles. The zero-order chi connectivity index (χ0) is 21.1. The number of hydrogen-bond donors (Lipinski definition) is 2. The third kappa shape index (κ3) is 4.81. The van der Waals surface area contributed by atoms with Gasteiger partial charge in [-0.25, -0.2) is 4.68 Å². The average molecular weight is 412 g/mol. The summed E-state index contributed by atoms with van der Waals surface area (Å²) < 4.78 is 1.40. The molecule has 0 saturated heterocycles. The van der Waals surface area contributed by atoms with Gasteiger partial charge in [0.15, 0.2) is 5.69 Å². The number of benzene rings is 2. The smallest absolute Gasteiger partial charge is 0.278 e. The van der Waals surface area contributed by atoms with Crippen LogP contribution >= 0.6 is 11.6 Å². The predicted molar refractivity (Wildman–Crippen MR) is 113 cm³/mol. The third-order valence-electron chi connectivity index (χ3n) is 4.73. The lowest BCUT2D eigenvalue weighted by molar-refractivity contribution is -0.117. The van der Waals surface area contributed by atoms with Crippen LogP contribution in [0, 0.1) is 27.7 Å². The Morgan fingerprint density at radius 3 is 2.41 bits per heavy atom. The van der Waals surface area contributed by atoms with Gasteiger partial charge in [0.1, 0.15) is 6.54 Å². The normalized spacial score (nSPS) is 10.7. The molecular weight excluding hydrogens is 390 g/mol. The molecule has 2 N–H and O–H groups in total. The van der Waals surface area contributed by atoms with Crippen molar-refractivity contribution in [2.45, 2.75) is 34.2 Å². The summed E-state index contributed by atoms with van der Waals surface area (Å²) in [6.45, 7) is 7.52. The monoisotopic (exact) mass is 411 g/mol. The molecule has 0 aliphatic rings. The fourth-order valence-electron chi connectivity index (χ4n) is 2.79. The number of aromatic nitrogens is 3. The summed E-state index contributed by atoms with van der Waals surface area (Å²) in [6.07, 6.45) is 0. The van der Waals surface area contributed by atoms with E-state index in [1.54, 1.807) is 19.1 Å². The maximum atomic E-state index is 12.6. The van der Waals surface area contributed by atoms with E-state index in [1.165, 1.54) is 4.68 Å². The van der Waals surface area contributed by atoms with Gasteiger partial charge in [0.05, 0.1) is 5.69 Å². The molecule has 0 fully saturated rings. The highest BCUT2D eigenvalue weighted by atomic mass is 35.5. The zero-order valence-electron chi connectivity index (χ0n) is 16.7. The highest BCUT2D eigenvalue weighted by molar-refractivity contribution is 6.31. The number of carbonyl (C=O) groups is 2. The highest BCUT2D eigenvalue weighted by Crippen LogP contribution is 2.21. The van der Waals surface area contributed by atoms with Crippen LogP contribution in [0.15, 0.2) is 36.4 Å². The molecule has 0 radical (unpaired) electrons. The van der Waals surface area contributed by atoms with Crippen molar-refractivity contribution in [1.82, 2.24) is 15.0 Å². The first-order valence-corrected chi connectivity index (χ1v) is 9.47. The van der Waals surface area contributed by atoms with E-state index in [0.29, 0.717) is 22.1 Å². The maximum absolute atomic E-state index is 12.6. The number of carbonyl (C=O) groups excluding carboxylic acids is 2. The molecule has 2 amide bonds. The standard InChI is InChI=1S/C21H22ClN5O2/c1-12-6-8-17(9-14(12)3)23-19(28)11-27-15(4)20(25-26-27)21(29)24-18-10-16(22)7-5-13(18)2/h5-10H,11H2,1-4H3,(H,23,28)(H,24,29). The van der Waals surface area contributed by atoms with Crippen molar-refractivity contribution in [2.75, 3.05) is 10.6 Å². The molecule has 1 heterocycles. The van der Waals surface area contributed by atoms with Gasteiger partial charge in [-0.05, 0) is 68.7 Å². The molecule has 8 heteroatoms. The van der Waals surface area contributed by atoms with Gasteiger partial charge >= 0.3 is 0 Å². The molecule has 0 atom stereocenters. The van der Waals surface area contributed by atoms with Gasteiger partial charge in [0, 0.05) is 16.4 Å². The molecule has 29 heavy (non-hydrogen) atoms. The molecule has 0 spiro atoms. The number of amides is 2. The van der Waals surface area contributed by atoms with Gasteiger partial charge in [-0.15, -0.1) is 5.10 Å². The van der Waals surface area contributed by atoms with E-state index >= 15 is 0 Å². The largest absolute Gasteiger partial charge is 0.324 e. The van der Waals surface area contributed by atoms with Gasteiger partial charge < -0.3 is 10.6 Å². The molecule has 3 aromatic rings. The minimum atomic E-state index is -0.409.